The number of carboxylic acid groups (broad SMARTS) is 1. The Kier molecular flexibility index (Phi) is 5.29. The molecular weight excluding hydrogens is 300 g/mol. The van der Waals surface area contributed by atoms with Crippen molar-refractivity contribution < 1.29 is 29.6 Å². The zero-order valence-corrected chi connectivity index (χ0v) is 13.6. The van der Waals surface area contributed by atoms with E-state index < -0.39 is 30.6 Å². The van der Waals surface area contributed by atoms with E-state index in [0.717, 1.165) is 6.42 Å². The molecule has 1 aliphatic heterocycles. The fourth-order valence-corrected chi connectivity index (χ4v) is 2.73. The Bertz CT molecular complexity index is 545. The van der Waals surface area contributed by atoms with E-state index in [9.17, 15) is 15.0 Å². The second kappa shape index (κ2) is 6.86. The van der Waals surface area contributed by atoms with E-state index in [-0.39, 0.29) is 11.8 Å². The normalized spacial score (nSPS) is 33.4. The lowest BCUT2D eigenvalue weighted by Gasteiger charge is -2.35. The Morgan fingerprint density at radius 3 is 2.65 bits per heavy atom. The third-order valence-electron chi connectivity index (χ3n) is 3.89. The van der Waals surface area contributed by atoms with Gasteiger partial charge in [0.05, 0.1) is 6.10 Å². The van der Waals surface area contributed by atoms with Gasteiger partial charge in [0.2, 0.25) is 6.29 Å². The van der Waals surface area contributed by atoms with Crippen LogP contribution in [0, 0.1) is 5.41 Å². The van der Waals surface area contributed by atoms with Crippen molar-refractivity contribution in [2.75, 3.05) is 0 Å². The first kappa shape index (κ1) is 17.7. The Morgan fingerprint density at radius 2 is 2.04 bits per heavy atom. The number of hydrogen-bond donors (Lipinski definition) is 3. The number of hydrogen-bond acceptors (Lipinski definition) is 5. The largest absolute Gasteiger partial charge is 0.479 e. The quantitative estimate of drug-likeness (QED) is 0.729. The molecule has 0 aromatic heterocycles. The molecule has 1 aliphatic carbocycles. The maximum atomic E-state index is 11.1. The molecule has 2 aliphatic rings. The van der Waals surface area contributed by atoms with Gasteiger partial charge >= 0.3 is 5.97 Å². The van der Waals surface area contributed by atoms with Crippen LogP contribution in [0.3, 0.4) is 0 Å². The van der Waals surface area contributed by atoms with Gasteiger partial charge < -0.3 is 24.8 Å². The summed E-state index contributed by atoms with van der Waals surface area (Å²) in [6.07, 6.45) is 3.61. The summed E-state index contributed by atoms with van der Waals surface area (Å²) in [5, 5.41) is 28.5. The number of carboxylic acids is 1. The van der Waals surface area contributed by atoms with Crippen LogP contribution in [0.25, 0.3) is 0 Å². The summed E-state index contributed by atoms with van der Waals surface area (Å²) in [6, 6.07) is 0. The predicted molar refractivity (Wildman–Crippen MR) is 83.4 cm³/mol. The molecule has 0 amide bonds. The van der Waals surface area contributed by atoms with Gasteiger partial charge in [0.25, 0.3) is 0 Å². The highest BCUT2D eigenvalue weighted by Crippen LogP contribution is 2.30. The summed E-state index contributed by atoms with van der Waals surface area (Å²) in [6.45, 7) is 6.15. The first-order valence-electron chi connectivity index (χ1n) is 7.75. The SMILES string of the molecule is CCC1=CC(C)(C)C=C(O[C@H]2C[C@@H](O)[C@H](O)[C@@H](C(=O)O)O2)C=C1. The first-order chi connectivity index (χ1) is 10.7. The third-order valence-corrected chi connectivity index (χ3v) is 3.89. The average Bonchev–Trinajstić information content (AvgIpc) is 2.60. The lowest BCUT2D eigenvalue weighted by Crippen LogP contribution is -2.52. The Labute approximate surface area is 135 Å². The lowest BCUT2D eigenvalue weighted by molar-refractivity contribution is -0.240. The molecule has 1 saturated heterocycles. The van der Waals surface area contributed by atoms with E-state index in [1.54, 1.807) is 6.08 Å². The fraction of sp³-hybridized carbons (Fsp3) is 0.588. The number of aliphatic carboxylic acids is 1. The second-order valence-corrected chi connectivity index (χ2v) is 6.51. The highest BCUT2D eigenvalue weighted by Gasteiger charge is 2.42. The van der Waals surface area contributed by atoms with Crippen molar-refractivity contribution in [1.82, 2.24) is 0 Å². The minimum absolute atomic E-state index is 0.00458. The number of aliphatic hydroxyl groups excluding tert-OH is 2. The summed E-state index contributed by atoms with van der Waals surface area (Å²) in [4.78, 5) is 11.1. The van der Waals surface area contributed by atoms with Gasteiger partial charge in [-0.05, 0) is 18.6 Å². The van der Waals surface area contributed by atoms with Crippen molar-refractivity contribution in [2.24, 2.45) is 5.41 Å². The van der Waals surface area contributed by atoms with Crippen LogP contribution in [-0.2, 0) is 14.3 Å². The summed E-state index contributed by atoms with van der Waals surface area (Å²) in [5.41, 5.74) is 0.955. The molecule has 128 valence electrons. The monoisotopic (exact) mass is 324 g/mol. The van der Waals surface area contributed by atoms with Crippen LogP contribution in [-0.4, -0.2) is 45.9 Å². The molecule has 1 heterocycles. The summed E-state index contributed by atoms with van der Waals surface area (Å²) in [7, 11) is 0. The maximum Gasteiger partial charge on any atom is 0.335 e. The van der Waals surface area contributed by atoms with Gasteiger partial charge in [-0.3, -0.25) is 0 Å². The fourth-order valence-electron chi connectivity index (χ4n) is 2.73. The van der Waals surface area contributed by atoms with E-state index >= 15 is 0 Å². The van der Waals surface area contributed by atoms with E-state index in [2.05, 4.69) is 13.0 Å². The van der Waals surface area contributed by atoms with Crippen LogP contribution >= 0.6 is 0 Å². The Morgan fingerprint density at radius 1 is 1.35 bits per heavy atom. The van der Waals surface area contributed by atoms with Crippen LogP contribution in [0.15, 0.2) is 35.6 Å². The standard InChI is InChI=1S/C17H24O6/c1-4-10-5-6-11(9-17(2,3)8-10)22-13-7-12(18)14(19)15(23-13)16(20)21/h5-6,8-9,12-15,18-19H,4,7H2,1-3H3,(H,20,21)/t12-,13-,14+,15+/m1/s1. The van der Waals surface area contributed by atoms with Gasteiger partial charge in [0, 0.05) is 11.8 Å². The molecule has 23 heavy (non-hydrogen) atoms. The van der Waals surface area contributed by atoms with E-state index in [1.165, 1.54) is 5.57 Å². The molecule has 0 unspecified atom stereocenters. The van der Waals surface area contributed by atoms with Crippen molar-refractivity contribution >= 4 is 5.97 Å². The maximum absolute atomic E-state index is 11.1. The highest BCUT2D eigenvalue weighted by atomic mass is 16.7. The van der Waals surface area contributed by atoms with E-state index in [4.69, 9.17) is 14.6 Å². The van der Waals surface area contributed by atoms with Crippen molar-refractivity contribution in [2.45, 2.75) is 58.2 Å². The molecule has 1 fully saturated rings. The van der Waals surface area contributed by atoms with Gasteiger partial charge in [-0.15, -0.1) is 0 Å². The summed E-state index contributed by atoms with van der Waals surface area (Å²) >= 11 is 0. The molecule has 2 rings (SSSR count). The van der Waals surface area contributed by atoms with Crippen molar-refractivity contribution in [3.8, 4) is 0 Å². The number of rotatable bonds is 4. The number of aliphatic hydroxyl groups is 2. The van der Waals surface area contributed by atoms with Crippen LogP contribution in [0.5, 0.6) is 0 Å². The smallest absolute Gasteiger partial charge is 0.335 e. The topological polar surface area (TPSA) is 96.2 Å². The second-order valence-electron chi connectivity index (χ2n) is 6.51. The van der Waals surface area contributed by atoms with E-state index in [1.807, 2.05) is 26.0 Å². The molecule has 0 bridgehead atoms. The first-order valence-corrected chi connectivity index (χ1v) is 7.75. The summed E-state index contributed by atoms with van der Waals surface area (Å²) < 4.78 is 11.0. The number of ether oxygens (including phenoxy) is 2. The third kappa shape index (κ3) is 4.43. The molecule has 6 heteroatoms. The molecular formula is C17H24O6. The van der Waals surface area contributed by atoms with Crippen molar-refractivity contribution in [3.63, 3.8) is 0 Å². The van der Waals surface area contributed by atoms with Crippen LogP contribution in [0.4, 0.5) is 0 Å². The summed E-state index contributed by atoms with van der Waals surface area (Å²) in [5.74, 6) is -0.780. The van der Waals surface area contributed by atoms with Gasteiger partial charge in [0.1, 0.15) is 11.9 Å². The molecule has 0 radical (unpaired) electrons. The zero-order valence-electron chi connectivity index (χ0n) is 13.6. The van der Waals surface area contributed by atoms with Crippen molar-refractivity contribution in [1.29, 1.82) is 0 Å². The van der Waals surface area contributed by atoms with Gasteiger partial charge in [0.15, 0.2) is 6.10 Å². The number of allylic oxidation sites excluding steroid dienone is 5. The van der Waals surface area contributed by atoms with Crippen LogP contribution in [0.1, 0.15) is 33.6 Å². The zero-order chi connectivity index (χ0) is 17.2. The molecule has 0 spiro atoms. The Hall–Kier alpha value is -1.63. The molecule has 0 aromatic rings. The minimum atomic E-state index is -1.50. The average molecular weight is 324 g/mol. The lowest BCUT2D eigenvalue weighted by atomic mass is 9.90. The van der Waals surface area contributed by atoms with Gasteiger partial charge in [-0.2, -0.15) is 0 Å². The van der Waals surface area contributed by atoms with Crippen molar-refractivity contribution in [3.05, 3.63) is 35.6 Å². The predicted octanol–water partition coefficient (Wildman–Crippen LogP) is 1.74. The molecule has 3 N–H and O–H groups in total. The van der Waals surface area contributed by atoms with Crippen LogP contribution in [0.2, 0.25) is 0 Å². The molecule has 0 saturated carbocycles. The number of carbonyl (C=O) groups is 1. The minimum Gasteiger partial charge on any atom is -0.479 e. The highest BCUT2D eigenvalue weighted by molar-refractivity contribution is 5.73. The van der Waals surface area contributed by atoms with E-state index in [0.29, 0.717) is 5.76 Å². The van der Waals surface area contributed by atoms with Crippen LogP contribution < -0.4 is 0 Å². The molecule has 4 atom stereocenters. The van der Waals surface area contributed by atoms with Gasteiger partial charge in [-0.1, -0.05) is 38.5 Å². The molecule has 6 nitrogen and oxygen atoms in total. The molecule has 0 aromatic carbocycles. The van der Waals surface area contributed by atoms with Gasteiger partial charge in [-0.25, -0.2) is 4.79 Å². The Balaban J connectivity index is 2.13.